The summed E-state index contributed by atoms with van der Waals surface area (Å²) in [6, 6.07) is 14.5. The van der Waals surface area contributed by atoms with E-state index in [0.717, 1.165) is 34.5 Å². The van der Waals surface area contributed by atoms with Gasteiger partial charge in [-0.15, -0.1) is 0 Å². The van der Waals surface area contributed by atoms with Gasteiger partial charge < -0.3 is 0 Å². The van der Waals surface area contributed by atoms with Crippen LogP contribution in [0.25, 0.3) is 22.4 Å². The quantitative estimate of drug-likeness (QED) is 0.633. The van der Waals surface area contributed by atoms with Crippen molar-refractivity contribution < 1.29 is 4.79 Å². The van der Waals surface area contributed by atoms with Gasteiger partial charge in [-0.2, -0.15) is 0 Å². The number of hydrogen-bond acceptors (Lipinski definition) is 2. The molecule has 2 aliphatic heterocycles. The molecule has 0 bridgehead atoms. The van der Waals surface area contributed by atoms with E-state index < -0.39 is 0 Å². The van der Waals surface area contributed by atoms with E-state index in [0.29, 0.717) is 6.42 Å². The summed E-state index contributed by atoms with van der Waals surface area (Å²) in [5.74, 6) is 1.16. The third-order valence-electron chi connectivity index (χ3n) is 5.22. The zero-order chi connectivity index (χ0) is 15.8. The maximum Gasteiger partial charge on any atom is 0.229 e. The maximum absolute atomic E-state index is 12.6. The Hall–Kier alpha value is -2.62. The van der Waals surface area contributed by atoms with Crippen molar-refractivity contribution in [3.63, 3.8) is 0 Å². The van der Waals surface area contributed by atoms with Crippen molar-refractivity contribution in [2.24, 2.45) is 0 Å². The summed E-state index contributed by atoms with van der Waals surface area (Å²) in [6.07, 6.45) is 1.39. The van der Waals surface area contributed by atoms with Gasteiger partial charge >= 0.3 is 0 Å². The van der Waals surface area contributed by atoms with Gasteiger partial charge in [0.2, 0.25) is 5.91 Å². The van der Waals surface area contributed by atoms with Crippen molar-refractivity contribution in [3.8, 4) is 11.4 Å². The lowest BCUT2D eigenvalue weighted by molar-refractivity contribution is -0.117. The van der Waals surface area contributed by atoms with Crippen molar-refractivity contribution in [2.75, 3.05) is 4.90 Å². The molecular formula is C19H17N3O. The SMILES string of the molecule is Cc1ccc2c(c1)nc1n2C2(C)CCC(=O)N2c2ccccc2-1. The van der Waals surface area contributed by atoms with Crippen molar-refractivity contribution >= 4 is 22.6 Å². The lowest BCUT2D eigenvalue weighted by Crippen LogP contribution is -2.48. The molecule has 1 saturated heterocycles. The van der Waals surface area contributed by atoms with Crippen LogP contribution in [0.2, 0.25) is 0 Å². The molecule has 1 atom stereocenters. The van der Waals surface area contributed by atoms with E-state index in [1.54, 1.807) is 0 Å². The van der Waals surface area contributed by atoms with Gasteiger partial charge in [0.15, 0.2) is 0 Å². The maximum atomic E-state index is 12.6. The predicted molar refractivity (Wildman–Crippen MR) is 90.3 cm³/mol. The molecule has 1 aromatic heterocycles. The number of carbonyl (C=O) groups excluding carboxylic acids is 1. The third kappa shape index (κ3) is 1.46. The average molecular weight is 303 g/mol. The molecule has 114 valence electrons. The van der Waals surface area contributed by atoms with Crippen LogP contribution in [0.5, 0.6) is 0 Å². The van der Waals surface area contributed by atoms with E-state index in [2.05, 4.69) is 42.7 Å². The number of carbonyl (C=O) groups is 1. The Bertz CT molecular complexity index is 987. The lowest BCUT2D eigenvalue weighted by Gasteiger charge is -2.42. The number of amides is 1. The molecule has 2 aromatic carbocycles. The van der Waals surface area contributed by atoms with Crippen LogP contribution in [0.3, 0.4) is 0 Å². The standard InChI is InChI=1S/C19H17N3O/c1-12-7-8-16-14(11-12)20-18-13-5-3-4-6-15(13)21-17(23)9-10-19(21,2)22(16)18/h3-8,11H,9-10H2,1-2H3. The van der Waals surface area contributed by atoms with E-state index >= 15 is 0 Å². The molecule has 3 heterocycles. The molecule has 0 N–H and O–H groups in total. The monoisotopic (exact) mass is 303 g/mol. The summed E-state index contributed by atoms with van der Waals surface area (Å²) in [5, 5.41) is 0. The van der Waals surface area contributed by atoms with Crippen LogP contribution in [0.1, 0.15) is 25.3 Å². The third-order valence-corrected chi connectivity index (χ3v) is 5.22. The lowest BCUT2D eigenvalue weighted by atomic mass is 10.0. The minimum absolute atomic E-state index is 0.194. The molecule has 0 aliphatic carbocycles. The minimum atomic E-state index is -0.370. The van der Waals surface area contributed by atoms with Crippen molar-refractivity contribution in [2.45, 2.75) is 32.4 Å². The zero-order valence-corrected chi connectivity index (χ0v) is 13.2. The molecule has 3 aromatic rings. The smallest absolute Gasteiger partial charge is 0.229 e. The number of benzene rings is 2. The van der Waals surface area contributed by atoms with E-state index in [1.807, 2.05) is 23.1 Å². The summed E-state index contributed by atoms with van der Waals surface area (Å²) in [5.41, 5.74) is 4.95. The molecule has 1 unspecified atom stereocenters. The van der Waals surface area contributed by atoms with Crippen LogP contribution in [-0.4, -0.2) is 15.5 Å². The van der Waals surface area contributed by atoms with Gasteiger partial charge in [0.25, 0.3) is 0 Å². The van der Waals surface area contributed by atoms with E-state index in [-0.39, 0.29) is 11.6 Å². The summed E-state index contributed by atoms with van der Waals surface area (Å²) in [4.78, 5) is 19.5. The number of rotatable bonds is 0. The van der Waals surface area contributed by atoms with Gasteiger partial charge in [-0.1, -0.05) is 18.2 Å². The van der Waals surface area contributed by atoms with Gasteiger partial charge in [-0.25, -0.2) is 4.98 Å². The fraction of sp³-hybridized carbons (Fsp3) is 0.263. The molecule has 4 heteroatoms. The van der Waals surface area contributed by atoms with Crippen LogP contribution < -0.4 is 4.90 Å². The molecule has 0 radical (unpaired) electrons. The molecule has 0 saturated carbocycles. The molecule has 0 spiro atoms. The number of hydrogen-bond donors (Lipinski definition) is 0. The Morgan fingerprint density at radius 2 is 2.00 bits per heavy atom. The first-order valence-corrected chi connectivity index (χ1v) is 8.02. The van der Waals surface area contributed by atoms with E-state index in [9.17, 15) is 4.79 Å². The first-order valence-electron chi connectivity index (χ1n) is 8.02. The largest absolute Gasteiger partial charge is 0.300 e. The van der Waals surface area contributed by atoms with Crippen LogP contribution in [0.15, 0.2) is 42.5 Å². The molecule has 4 nitrogen and oxygen atoms in total. The van der Waals surface area contributed by atoms with Crippen LogP contribution in [0, 0.1) is 6.92 Å². The van der Waals surface area contributed by atoms with Gasteiger partial charge in [0.1, 0.15) is 11.5 Å². The topological polar surface area (TPSA) is 38.1 Å². The van der Waals surface area contributed by atoms with Crippen molar-refractivity contribution in [1.29, 1.82) is 0 Å². The highest BCUT2D eigenvalue weighted by Gasteiger charge is 2.49. The van der Waals surface area contributed by atoms with E-state index in [4.69, 9.17) is 4.98 Å². The predicted octanol–water partition coefficient (Wildman–Crippen LogP) is 3.82. The van der Waals surface area contributed by atoms with Gasteiger partial charge in [0.05, 0.1) is 16.7 Å². The summed E-state index contributed by atoms with van der Waals surface area (Å²) < 4.78 is 2.26. The number of fused-ring (bicyclic) bond motifs is 8. The van der Waals surface area contributed by atoms with Crippen LogP contribution >= 0.6 is 0 Å². The minimum Gasteiger partial charge on any atom is -0.300 e. The normalized spacial score (nSPS) is 22.2. The second-order valence-corrected chi connectivity index (χ2v) is 6.73. The molecule has 1 amide bonds. The summed E-state index contributed by atoms with van der Waals surface area (Å²) in [7, 11) is 0. The fourth-order valence-corrected chi connectivity index (χ4v) is 4.16. The average Bonchev–Trinajstić information content (AvgIpc) is 3.06. The first kappa shape index (κ1) is 12.9. The van der Waals surface area contributed by atoms with Crippen LogP contribution in [0.4, 0.5) is 5.69 Å². The first-order chi connectivity index (χ1) is 11.1. The highest BCUT2D eigenvalue weighted by molar-refractivity contribution is 6.03. The molecule has 23 heavy (non-hydrogen) atoms. The fourth-order valence-electron chi connectivity index (χ4n) is 4.16. The van der Waals surface area contributed by atoms with Crippen molar-refractivity contribution in [1.82, 2.24) is 9.55 Å². The highest BCUT2D eigenvalue weighted by Crippen LogP contribution is 2.49. The number of anilines is 1. The molecular weight excluding hydrogens is 286 g/mol. The summed E-state index contributed by atoms with van der Waals surface area (Å²) in [6.45, 7) is 4.23. The van der Waals surface area contributed by atoms with Crippen LogP contribution in [-0.2, 0) is 10.5 Å². The number of aromatic nitrogens is 2. The Kier molecular flexibility index (Phi) is 2.25. The number of para-hydroxylation sites is 1. The molecule has 2 aliphatic rings. The zero-order valence-electron chi connectivity index (χ0n) is 13.2. The second kappa shape index (κ2) is 4.02. The van der Waals surface area contributed by atoms with E-state index in [1.165, 1.54) is 5.56 Å². The Balaban J connectivity index is 1.95. The van der Waals surface area contributed by atoms with Crippen molar-refractivity contribution in [3.05, 3.63) is 48.0 Å². The highest BCUT2D eigenvalue weighted by atomic mass is 16.2. The Labute approximate surface area is 134 Å². The van der Waals surface area contributed by atoms with Gasteiger partial charge in [-0.3, -0.25) is 14.3 Å². The van der Waals surface area contributed by atoms with Gasteiger partial charge in [0, 0.05) is 12.0 Å². The summed E-state index contributed by atoms with van der Waals surface area (Å²) >= 11 is 0. The number of aryl methyl sites for hydroxylation is 1. The number of imidazole rings is 1. The number of nitrogens with zero attached hydrogens (tertiary/aromatic N) is 3. The molecule has 1 fully saturated rings. The molecule has 5 rings (SSSR count). The second-order valence-electron chi connectivity index (χ2n) is 6.73. The Morgan fingerprint density at radius 3 is 2.87 bits per heavy atom. The Morgan fingerprint density at radius 1 is 1.17 bits per heavy atom. The van der Waals surface area contributed by atoms with Gasteiger partial charge in [-0.05, 0) is 50.1 Å².